The van der Waals surface area contributed by atoms with Gasteiger partial charge in [0.1, 0.15) is 5.58 Å². The van der Waals surface area contributed by atoms with Crippen LogP contribution in [0.1, 0.15) is 29.0 Å². The Hall–Kier alpha value is -2.34. The smallest absolute Gasteiger partial charge is 0.305 e. The van der Waals surface area contributed by atoms with Gasteiger partial charge < -0.3 is 19.2 Å². The predicted molar refractivity (Wildman–Crippen MR) is 83.4 cm³/mol. The van der Waals surface area contributed by atoms with Gasteiger partial charge in [-0.15, -0.1) is 0 Å². The number of nitrogens with zero attached hydrogens (tertiary/aromatic N) is 1. The fourth-order valence-corrected chi connectivity index (χ4v) is 3.10. The van der Waals surface area contributed by atoms with E-state index in [2.05, 4.69) is 0 Å². The van der Waals surface area contributed by atoms with E-state index in [4.69, 9.17) is 14.3 Å². The van der Waals surface area contributed by atoms with Crippen molar-refractivity contribution in [2.24, 2.45) is 0 Å². The number of fused-ring (bicyclic) bond motifs is 1. The Morgan fingerprint density at radius 2 is 2.17 bits per heavy atom. The number of ether oxygens (including phenoxy) is 1. The van der Waals surface area contributed by atoms with Crippen LogP contribution in [0, 0.1) is 6.92 Å². The number of furan rings is 1. The highest BCUT2D eigenvalue weighted by Gasteiger charge is 2.38. The number of likely N-dealkylation sites (tertiary alicyclic amines) is 1. The van der Waals surface area contributed by atoms with Crippen molar-refractivity contribution in [2.75, 3.05) is 13.7 Å². The molecule has 0 bridgehead atoms. The van der Waals surface area contributed by atoms with Gasteiger partial charge >= 0.3 is 5.97 Å². The normalized spacial score (nSPS) is 21.0. The topological polar surface area (TPSA) is 80.0 Å². The number of aliphatic carboxylic acids is 1. The zero-order chi connectivity index (χ0) is 16.6. The zero-order valence-electron chi connectivity index (χ0n) is 13.1. The van der Waals surface area contributed by atoms with E-state index >= 15 is 0 Å². The van der Waals surface area contributed by atoms with Crippen LogP contribution < -0.4 is 0 Å². The zero-order valence-corrected chi connectivity index (χ0v) is 13.1. The van der Waals surface area contributed by atoms with Gasteiger partial charge in [0.05, 0.1) is 12.5 Å². The lowest BCUT2D eigenvalue weighted by molar-refractivity contribution is -0.138. The minimum absolute atomic E-state index is 0.0923. The summed E-state index contributed by atoms with van der Waals surface area (Å²) < 4.78 is 10.9. The van der Waals surface area contributed by atoms with Crippen molar-refractivity contribution in [2.45, 2.75) is 31.9 Å². The molecule has 0 saturated carbocycles. The Bertz CT molecular complexity index is 751. The van der Waals surface area contributed by atoms with Gasteiger partial charge in [0.15, 0.2) is 5.76 Å². The lowest BCUT2D eigenvalue weighted by atomic mass is 10.1. The summed E-state index contributed by atoms with van der Waals surface area (Å²) in [7, 11) is 1.57. The number of benzene rings is 1. The molecule has 0 spiro atoms. The van der Waals surface area contributed by atoms with Crippen LogP contribution >= 0.6 is 0 Å². The summed E-state index contributed by atoms with van der Waals surface area (Å²) in [5.74, 6) is -0.979. The van der Waals surface area contributed by atoms with Crippen LogP contribution in [0.3, 0.4) is 0 Å². The number of carbonyl (C=O) groups is 2. The van der Waals surface area contributed by atoms with Crippen LogP contribution in [-0.2, 0) is 9.53 Å². The monoisotopic (exact) mass is 317 g/mol. The summed E-state index contributed by atoms with van der Waals surface area (Å²) in [6, 6.07) is 7.04. The highest BCUT2D eigenvalue weighted by Crippen LogP contribution is 2.27. The fraction of sp³-hybridized carbons (Fsp3) is 0.412. The third kappa shape index (κ3) is 3.07. The standard InChI is InChI=1S/C17H19NO5/c1-10-3-4-14-11(5-10)6-15(23-14)17(21)18-9-13(22-2)7-12(18)8-16(19)20/h3-6,12-13H,7-9H2,1-2H3,(H,19,20). The number of carboxylic acid groups (broad SMARTS) is 1. The number of methoxy groups -OCH3 is 1. The average molecular weight is 317 g/mol. The van der Waals surface area contributed by atoms with E-state index in [-0.39, 0.29) is 30.2 Å². The highest BCUT2D eigenvalue weighted by molar-refractivity contribution is 5.96. The van der Waals surface area contributed by atoms with Crippen molar-refractivity contribution in [1.29, 1.82) is 0 Å². The van der Waals surface area contributed by atoms with Crippen LogP contribution in [0.2, 0.25) is 0 Å². The molecule has 23 heavy (non-hydrogen) atoms. The number of hydrogen-bond acceptors (Lipinski definition) is 4. The third-order valence-corrected chi connectivity index (χ3v) is 4.26. The van der Waals surface area contributed by atoms with Crippen molar-refractivity contribution in [3.05, 3.63) is 35.6 Å². The number of rotatable bonds is 4. The van der Waals surface area contributed by atoms with Gasteiger partial charge in [-0.2, -0.15) is 0 Å². The molecule has 1 aromatic carbocycles. The van der Waals surface area contributed by atoms with Crippen LogP contribution in [0.5, 0.6) is 0 Å². The average Bonchev–Trinajstić information content (AvgIpc) is 3.09. The maximum absolute atomic E-state index is 12.7. The van der Waals surface area contributed by atoms with E-state index < -0.39 is 5.97 Å². The molecule has 1 aliphatic rings. The summed E-state index contributed by atoms with van der Waals surface area (Å²) in [5, 5.41) is 9.91. The van der Waals surface area contributed by atoms with Crippen molar-refractivity contribution < 1.29 is 23.8 Å². The van der Waals surface area contributed by atoms with Gasteiger partial charge in [-0.05, 0) is 31.5 Å². The number of amides is 1. The highest BCUT2D eigenvalue weighted by atomic mass is 16.5. The molecule has 1 saturated heterocycles. The molecule has 1 aliphatic heterocycles. The molecule has 3 rings (SSSR count). The first kappa shape index (κ1) is 15.6. The molecule has 6 nitrogen and oxygen atoms in total. The quantitative estimate of drug-likeness (QED) is 0.937. The summed E-state index contributed by atoms with van der Waals surface area (Å²) in [5.41, 5.74) is 1.73. The fourth-order valence-electron chi connectivity index (χ4n) is 3.10. The summed E-state index contributed by atoms with van der Waals surface area (Å²) >= 11 is 0. The van der Waals surface area contributed by atoms with E-state index in [0.717, 1.165) is 10.9 Å². The lowest BCUT2D eigenvalue weighted by Gasteiger charge is -2.21. The van der Waals surface area contributed by atoms with Gasteiger partial charge in [-0.1, -0.05) is 11.6 Å². The molecule has 2 atom stereocenters. The molecule has 1 fully saturated rings. The molecule has 122 valence electrons. The Morgan fingerprint density at radius 3 is 2.87 bits per heavy atom. The second-order valence-electron chi connectivity index (χ2n) is 5.95. The van der Waals surface area contributed by atoms with Crippen LogP contribution in [0.25, 0.3) is 11.0 Å². The van der Waals surface area contributed by atoms with E-state index in [1.165, 1.54) is 0 Å². The minimum Gasteiger partial charge on any atom is -0.481 e. The lowest BCUT2D eigenvalue weighted by Crippen LogP contribution is -2.37. The number of carboxylic acids is 1. The van der Waals surface area contributed by atoms with Crippen molar-refractivity contribution in [3.63, 3.8) is 0 Å². The molecule has 6 heteroatoms. The van der Waals surface area contributed by atoms with E-state index in [9.17, 15) is 9.59 Å². The summed E-state index contributed by atoms with van der Waals surface area (Å²) in [6.07, 6.45) is 0.286. The molecule has 0 aliphatic carbocycles. The van der Waals surface area contributed by atoms with Gasteiger partial charge in [-0.3, -0.25) is 9.59 Å². The molecule has 1 aromatic heterocycles. The molecule has 1 N–H and O–H groups in total. The van der Waals surface area contributed by atoms with Gasteiger partial charge in [0.2, 0.25) is 0 Å². The van der Waals surface area contributed by atoms with Gasteiger partial charge in [0, 0.05) is 25.1 Å². The molecule has 2 heterocycles. The maximum Gasteiger partial charge on any atom is 0.305 e. The van der Waals surface area contributed by atoms with Crippen molar-refractivity contribution in [3.8, 4) is 0 Å². The summed E-state index contributed by atoms with van der Waals surface area (Å²) in [6.45, 7) is 2.35. The molecular formula is C17H19NO5. The van der Waals surface area contributed by atoms with Gasteiger partial charge in [0.25, 0.3) is 5.91 Å². The summed E-state index contributed by atoms with van der Waals surface area (Å²) in [4.78, 5) is 25.3. The third-order valence-electron chi connectivity index (χ3n) is 4.26. The SMILES string of the molecule is COC1CC(CC(=O)O)N(C(=O)c2cc3cc(C)ccc3o2)C1. The van der Waals surface area contributed by atoms with Crippen molar-refractivity contribution in [1.82, 2.24) is 4.90 Å². The van der Waals surface area contributed by atoms with Crippen LogP contribution in [0.15, 0.2) is 28.7 Å². The second-order valence-corrected chi connectivity index (χ2v) is 5.95. The van der Waals surface area contributed by atoms with Gasteiger partial charge in [-0.25, -0.2) is 0 Å². The molecule has 2 unspecified atom stereocenters. The van der Waals surface area contributed by atoms with Crippen molar-refractivity contribution >= 4 is 22.8 Å². The predicted octanol–water partition coefficient (Wildman–Crippen LogP) is 2.45. The molecular weight excluding hydrogens is 298 g/mol. The Morgan fingerprint density at radius 1 is 1.39 bits per heavy atom. The molecule has 1 amide bonds. The van der Waals surface area contributed by atoms with E-state index in [1.807, 2.05) is 25.1 Å². The van der Waals surface area contributed by atoms with Crippen LogP contribution in [-0.4, -0.2) is 47.7 Å². The number of hydrogen-bond donors (Lipinski definition) is 1. The Kier molecular flexibility index (Phi) is 4.09. The van der Waals surface area contributed by atoms with E-state index in [1.54, 1.807) is 18.1 Å². The minimum atomic E-state index is -0.926. The second kappa shape index (κ2) is 6.04. The first-order valence-corrected chi connectivity index (χ1v) is 7.53. The Labute approximate surface area is 133 Å². The largest absolute Gasteiger partial charge is 0.481 e. The maximum atomic E-state index is 12.7. The molecule has 0 radical (unpaired) electrons. The first-order chi connectivity index (χ1) is 11.0. The number of carbonyl (C=O) groups excluding carboxylic acids is 1. The van der Waals surface area contributed by atoms with E-state index in [0.29, 0.717) is 18.5 Å². The first-order valence-electron chi connectivity index (χ1n) is 7.53. The molecule has 2 aromatic rings. The van der Waals surface area contributed by atoms with Crippen LogP contribution in [0.4, 0.5) is 0 Å². The number of aryl methyl sites for hydroxylation is 1. The Balaban J connectivity index is 1.88.